The molecule has 13 heteroatoms. The first-order valence-electron chi connectivity index (χ1n) is 8.96. The van der Waals surface area contributed by atoms with E-state index in [0.717, 1.165) is 6.07 Å². The van der Waals surface area contributed by atoms with Crippen molar-refractivity contribution in [2.75, 3.05) is 12.3 Å². The van der Waals surface area contributed by atoms with E-state index in [2.05, 4.69) is 15.0 Å². The van der Waals surface area contributed by atoms with E-state index in [9.17, 15) is 14.7 Å². The highest BCUT2D eigenvalue weighted by Gasteiger charge is 2.36. The van der Waals surface area contributed by atoms with E-state index in [-0.39, 0.29) is 41.0 Å². The summed E-state index contributed by atoms with van der Waals surface area (Å²) in [5, 5.41) is 28.6. The smallest absolute Gasteiger partial charge is 0.335 e. The lowest BCUT2D eigenvalue weighted by atomic mass is 10.1. The summed E-state index contributed by atoms with van der Waals surface area (Å²) >= 11 is 5.87. The molecular weight excluding hydrogens is 434 g/mol. The fraction of sp³-hybridized carbons (Fsp3) is 0.278. The molecule has 0 bridgehead atoms. The lowest BCUT2D eigenvalue weighted by molar-refractivity contribution is -0.0381. The number of rotatable bonds is 6. The first kappa shape index (κ1) is 20.8. The molecule has 0 amide bonds. The zero-order chi connectivity index (χ0) is 22.3. The van der Waals surface area contributed by atoms with E-state index in [1.165, 1.54) is 18.5 Å². The van der Waals surface area contributed by atoms with Crippen LogP contribution in [-0.2, 0) is 4.74 Å². The van der Waals surface area contributed by atoms with Crippen LogP contribution >= 0.6 is 11.6 Å². The number of nitrogens with two attached hydrogens (primary N) is 1. The van der Waals surface area contributed by atoms with E-state index in [0.29, 0.717) is 11.2 Å². The Morgan fingerprint density at radius 1 is 1.23 bits per heavy atom. The van der Waals surface area contributed by atoms with Gasteiger partial charge in [-0.2, -0.15) is 9.97 Å². The highest BCUT2D eigenvalue weighted by atomic mass is 35.5. The van der Waals surface area contributed by atoms with Crippen LogP contribution in [0, 0.1) is 0 Å². The summed E-state index contributed by atoms with van der Waals surface area (Å²) in [6.07, 6.45) is -0.699. The van der Waals surface area contributed by atoms with E-state index >= 15 is 0 Å². The van der Waals surface area contributed by atoms with Gasteiger partial charge in [0.2, 0.25) is 5.28 Å². The molecule has 1 saturated heterocycles. The Balaban J connectivity index is 1.51. The van der Waals surface area contributed by atoms with Gasteiger partial charge in [-0.05, 0) is 29.8 Å². The summed E-state index contributed by atoms with van der Waals surface area (Å²) < 4.78 is 12.9. The molecule has 1 aliphatic heterocycles. The third kappa shape index (κ3) is 4.08. The van der Waals surface area contributed by atoms with Crippen molar-refractivity contribution in [2.45, 2.75) is 24.9 Å². The third-order valence-electron chi connectivity index (χ3n) is 4.75. The van der Waals surface area contributed by atoms with Crippen molar-refractivity contribution in [3.63, 3.8) is 0 Å². The van der Waals surface area contributed by atoms with Gasteiger partial charge in [-0.3, -0.25) is 4.57 Å². The first-order valence-corrected chi connectivity index (χ1v) is 9.34. The van der Waals surface area contributed by atoms with Gasteiger partial charge in [0, 0.05) is 6.42 Å². The summed E-state index contributed by atoms with van der Waals surface area (Å²) in [5.41, 5.74) is 6.01. The highest BCUT2D eigenvalue weighted by Crippen LogP contribution is 2.32. The van der Waals surface area contributed by atoms with Crippen molar-refractivity contribution in [2.24, 2.45) is 0 Å². The number of fused-ring (bicyclic) bond motifs is 1. The number of aliphatic hydroxyl groups excluding tert-OH is 1. The topological polar surface area (TPSA) is 183 Å². The van der Waals surface area contributed by atoms with Crippen molar-refractivity contribution in [3.8, 4) is 5.75 Å². The monoisotopic (exact) mass is 449 g/mol. The summed E-state index contributed by atoms with van der Waals surface area (Å²) in [6, 6.07) is 3.41. The van der Waals surface area contributed by atoms with Crippen molar-refractivity contribution in [3.05, 3.63) is 40.9 Å². The number of hydrogen-bond acceptors (Lipinski definition) is 9. The van der Waals surface area contributed by atoms with Crippen molar-refractivity contribution in [1.82, 2.24) is 19.5 Å². The number of nitrogens with zero attached hydrogens (tertiary/aromatic N) is 4. The molecule has 0 radical (unpaired) electrons. The summed E-state index contributed by atoms with van der Waals surface area (Å²) in [5.74, 6) is -2.45. The van der Waals surface area contributed by atoms with E-state index in [1.807, 2.05) is 0 Å². The van der Waals surface area contributed by atoms with E-state index in [4.69, 9.17) is 37.0 Å². The molecule has 1 aliphatic rings. The second kappa shape index (κ2) is 7.98. The van der Waals surface area contributed by atoms with Crippen LogP contribution in [0.4, 0.5) is 5.82 Å². The van der Waals surface area contributed by atoms with Gasteiger partial charge in [-0.25, -0.2) is 14.6 Å². The van der Waals surface area contributed by atoms with Gasteiger partial charge in [0.05, 0.1) is 23.6 Å². The number of carbonyl (C=O) groups is 2. The van der Waals surface area contributed by atoms with Crippen LogP contribution in [0.25, 0.3) is 11.2 Å². The van der Waals surface area contributed by atoms with Gasteiger partial charge in [0.15, 0.2) is 11.5 Å². The number of ether oxygens (including phenoxy) is 2. The average molecular weight is 450 g/mol. The molecule has 0 spiro atoms. The predicted octanol–water partition coefficient (Wildman–Crippen LogP) is 1.19. The average Bonchev–Trinajstić information content (AvgIpc) is 3.29. The Morgan fingerprint density at radius 2 is 1.90 bits per heavy atom. The van der Waals surface area contributed by atoms with Gasteiger partial charge in [-0.15, -0.1) is 0 Å². The minimum absolute atomic E-state index is 0.0249. The number of nitrogen functional groups attached to an aromatic ring is 1. The second-order valence-corrected chi connectivity index (χ2v) is 7.14. The summed E-state index contributed by atoms with van der Waals surface area (Å²) in [6.45, 7) is -0.149. The normalized spacial score (nSPS) is 20.8. The molecule has 0 aliphatic carbocycles. The number of benzene rings is 1. The second-order valence-electron chi connectivity index (χ2n) is 6.80. The lowest BCUT2D eigenvalue weighted by Gasteiger charge is -2.17. The number of aromatic nitrogens is 4. The highest BCUT2D eigenvalue weighted by molar-refractivity contribution is 6.28. The third-order valence-corrected chi connectivity index (χ3v) is 4.92. The van der Waals surface area contributed by atoms with Crippen LogP contribution in [0.5, 0.6) is 5.75 Å². The number of aliphatic hydroxyl groups is 1. The molecule has 162 valence electrons. The van der Waals surface area contributed by atoms with Gasteiger partial charge in [0.25, 0.3) is 0 Å². The number of carboxylic acids is 2. The number of halogens is 1. The zero-order valence-corrected chi connectivity index (χ0v) is 16.4. The quantitative estimate of drug-likeness (QED) is 0.396. The molecule has 1 fully saturated rings. The van der Waals surface area contributed by atoms with E-state index in [1.54, 1.807) is 4.57 Å². The Bertz CT molecular complexity index is 1150. The van der Waals surface area contributed by atoms with Crippen LogP contribution in [0.1, 0.15) is 33.4 Å². The van der Waals surface area contributed by atoms with Crippen molar-refractivity contribution in [1.29, 1.82) is 0 Å². The van der Waals surface area contributed by atoms with Crippen LogP contribution in [-0.4, -0.2) is 65.6 Å². The van der Waals surface area contributed by atoms with Gasteiger partial charge < -0.3 is 30.5 Å². The molecule has 1 aromatic carbocycles. The van der Waals surface area contributed by atoms with Crippen LogP contribution in [0.2, 0.25) is 5.28 Å². The summed E-state index contributed by atoms with van der Waals surface area (Å²) in [4.78, 5) is 34.5. The first-order chi connectivity index (χ1) is 14.7. The van der Waals surface area contributed by atoms with Crippen molar-refractivity contribution < 1.29 is 34.4 Å². The molecule has 4 rings (SSSR count). The Kier molecular flexibility index (Phi) is 5.35. The summed E-state index contributed by atoms with van der Waals surface area (Å²) in [7, 11) is 0. The van der Waals surface area contributed by atoms with E-state index < -0.39 is 30.4 Å². The lowest BCUT2D eigenvalue weighted by Crippen LogP contribution is -2.28. The zero-order valence-electron chi connectivity index (χ0n) is 15.7. The number of imidazole rings is 1. The Labute approximate surface area is 178 Å². The molecule has 0 unspecified atom stereocenters. The maximum absolute atomic E-state index is 11.2. The fourth-order valence-corrected chi connectivity index (χ4v) is 3.44. The van der Waals surface area contributed by atoms with Crippen LogP contribution in [0.15, 0.2) is 24.5 Å². The molecule has 2 aromatic heterocycles. The van der Waals surface area contributed by atoms with Gasteiger partial charge >= 0.3 is 11.9 Å². The number of aromatic carboxylic acids is 2. The van der Waals surface area contributed by atoms with Crippen molar-refractivity contribution >= 4 is 40.5 Å². The SMILES string of the molecule is Nc1nc(Cl)nc2c1ncn2[C@H]1C[C@H](O)[C@@H](COc2cc(C(=O)O)cc(C(=O)O)c2)O1. The van der Waals surface area contributed by atoms with Crippen LogP contribution in [0.3, 0.4) is 0 Å². The van der Waals surface area contributed by atoms with Crippen LogP contribution < -0.4 is 10.5 Å². The molecular formula is C18H16ClN5O7. The Morgan fingerprint density at radius 3 is 2.55 bits per heavy atom. The molecule has 5 N–H and O–H groups in total. The molecule has 12 nitrogen and oxygen atoms in total. The van der Waals surface area contributed by atoms with Gasteiger partial charge in [0.1, 0.15) is 30.2 Å². The largest absolute Gasteiger partial charge is 0.491 e. The molecule has 31 heavy (non-hydrogen) atoms. The predicted molar refractivity (Wildman–Crippen MR) is 105 cm³/mol. The number of anilines is 1. The minimum Gasteiger partial charge on any atom is -0.491 e. The molecule has 0 saturated carbocycles. The fourth-order valence-electron chi connectivity index (χ4n) is 3.27. The number of carboxylic acid groups (broad SMARTS) is 2. The Hall–Kier alpha value is -3.48. The molecule has 3 heterocycles. The minimum atomic E-state index is -1.29. The maximum Gasteiger partial charge on any atom is 0.335 e. The number of hydrogen-bond donors (Lipinski definition) is 4. The molecule has 3 aromatic rings. The van der Waals surface area contributed by atoms with Gasteiger partial charge in [-0.1, -0.05) is 0 Å². The molecule has 3 atom stereocenters. The standard InChI is InChI=1S/C18H16ClN5O7/c19-18-22-14(20)13-15(23-18)24(6-21-13)12-4-10(25)11(31-12)5-30-9-2-7(16(26)27)1-8(3-9)17(28)29/h1-3,6,10-12,25H,4-5H2,(H,26,27)(H,28,29)(H2,20,22,23)/t10-,11+,12+/m0/s1. The maximum atomic E-state index is 11.2.